The average molecular weight is 323 g/mol. The first-order chi connectivity index (χ1) is 10.6. The zero-order chi connectivity index (χ0) is 17.6. The summed E-state index contributed by atoms with van der Waals surface area (Å²) >= 11 is 0. The molecule has 0 unspecified atom stereocenters. The number of carbonyl (C=O) groups excluding carboxylic acids is 2. The molecule has 1 rings (SSSR count). The first-order valence-corrected chi connectivity index (χ1v) is 7.15. The van der Waals surface area contributed by atoms with Gasteiger partial charge in [0.15, 0.2) is 0 Å². The number of nitro benzene ring substituents is 1. The van der Waals surface area contributed by atoms with E-state index in [1.165, 1.54) is 19.2 Å². The van der Waals surface area contributed by atoms with Crippen LogP contribution >= 0.6 is 0 Å². The van der Waals surface area contributed by atoms with E-state index in [1.807, 2.05) is 0 Å². The molecular formula is C16H21NO6. The normalized spacial score (nSPS) is 12.3. The third-order valence-corrected chi connectivity index (χ3v) is 3.00. The zero-order valence-electron chi connectivity index (χ0n) is 13.7. The molecule has 0 amide bonds. The van der Waals surface area contributed by atoms with Gasteiger partial charge in [0.2, 0.25) is 0 Å². The Balaban J connectivity index is 2.80. The maximum Gasteiger partial charge on any atom is 0.309 e. The first kappa shape index (κ1) is 18.6. The van der Waals surface area contributed by atoms with E-state index in [0.717, 1.165) is 0 Å². The second-order valence-electron chi connectivity index (χ2n) is 6.14. The number of methoxy groups -OCH3 is 1. The van der Waals surface area contributed by atoms with Crippen LogP contribution in [0.3, 0.4) is 0 Å². The van der Waals surface area contributed by atoms with Gasteiger partial charge in [-0.2, -0.15) is 0 Å². The summed E-state index contributed by atoms with van der Waals surface area (Å²) in [6.07, 6.45) is 0.130. The van der Waals surface area contributed by atoms with Gasteiger partial charge in [-0.1, -0.05) is 12.1 Å². The highest BCUT2D eigenvalue weighted by Crippen LogP contribution is 2.19. The van der Waals surface area contributed by atoms with E-state index in [-0.39, 0.29) is 18.5 Å². The highest BCUT2D eigenvalue weighted by atomic mass is 16.6. The number of nitro groups is 1. The van der Waals surface area contributed by atoms with Gasteiger partial charge in [-0.25, -0.2) is 0 Å². The smallest absolute Gasteiger partial charge is 0.309 e. The minimum absolute atomic E-state index is 0.0319. The van der Waals surface area contributed by atoms with Gasteiger partial charge < -0.3 is 9.47 Å². The average Bonchev–Trinajstić information content (AvgIpc) is 2.44. The van der Waals surface area contributed by atoms with Crippen LogP contribution < -0.4 is 0 Å². The lowest BCUT2D eigenvalue weighted by Crippen LogP contribution is -2.28. The molecule has 0 heterocycles. The van der Waals surface area contributed by atoms with Gasteiger partial charge >= 0.3 is 11.9 Å². The van der Waals surface area contributed by atoms with Crippen LogP contribution in [0.2, 0.25) is 0 Å². The van der Waals surface area contributed by atoms with Crippen molar-refractivity contribution in [3.05, 3.63) is 39.9 Å². The minimum Gasteiger partial charge on any atom is -0.469 e. The summed E-state index contributed by atoms with van der Waals surface area (Å²) in [5.41, 5.74) is 0.0375. The van der Waals surface area contributed by atoms with Crippen molar-refractivity contribution in [1.82, 2.24) is 0 Å². The molecule has 23 heavy (non-hydrogen) atoms. The number of rotatable bonds is 6. The monoisotopic (exact) mass is 323 g/mol. The van der Waals surface area contributed by atoms with Crippen molar-refractivity contribution >= 4 is 17.6 Å². The second-order valence-corrected chi connectivity index (χ2v) is 6.14. The molecule has 0 aliphatic carbocycles. The Morgan fingerprint density at radius 3 is 2.22 bits per heavy atom. The number of nitrogens with zero attached hydrogens (tertiary/aromatic N) is 1. The number of esters is 2. The summed E-state index contributed by atoms with van der Waals surface area (Å²) < 4.78 is 9.94. The van der Waals surface area contributed by atoms with Crippen molar-refractivity contribution in [2.24, 2.45) is 5.92 Å². The molecule has 126 valence electrons. The van der Waals surface area contributed by atoms with Crippen molar-refractivity contribution in [3.8, 4) is 0 Å². The lowest BCUT2D eigenvalue weighted by molar-refractivity contribution is -0.384. The molecule has 1 aromatic carbocycles. The van der Waals surface area contributed by atoms with E-state index in [4.69, 9.17) is 9.47 Å². The van der Waals surface area contributed by atoms with E-state index in [1.54, 1.807) is 32.9 Å². The molecule has 0 aliphatic heterocycles. The molecule has 1 aromatic rings. The maximum atomic E-state index is 11.9. The molecule has 0 aliphatic rings. The quantitative estimate of drug-likeness (QED) is 0.453. The highest BCUT2D eigenvalue weighted by molar-refractivity contribution is 5.80. The van der Waals surface area contributed by atoms with E-state index in [2.05, 4.69) is 0 Å². The first-order valence-electron chi connectivity index (χ1n) is 7.15. The van der Waals surface area contributed by atoms with Crippen LogP contribution in [-0.4, -0.2) is 29.6 Å². The fourth-order valence-electron chi connectivity index (χ4n) is 2.03. The van der Waals surface area contributed by atoms with Crippen molar-refractivity contribution in [3.63, 3.8) is 0 Å². The van der Waals surface area contributed by atoms with Crippen LogP contribution in [-0.2, 0) is 25.5 Å². The van der Waals surface area contributed by atoms with Crippen molar-refractivity contribution < 1.29 is 24.0 Å². The van der Waals surface area contributed by atoms with E-state index < -0.39 is 28.4 Å². The molecule has 0 spiro atoms. The summed E-state index contributed by atoms with van der Waals surface area (Å²) in [5.74, 6) is -1.71. The Labute approximate surface area is 134 Å². The Hall–Kier alpha value is -2.44. The summed E-state index contributed by atoms with van der Waals surface area (Å²) in [6.45, 7) is 5.23. The Kier molecular flexibility index (Phi) is 6.24. The van der Waals surface area contributed by atoms with Gasteiger partial charge in [0.25, 0.3) is 5.69 Å². The molecule has 0 saturated carbocycles. The van der Waals surface area contributed by atoms with Gasteiger partial charge in [-0.05, 0) is 32.8 Å². The number of ether oxygens (including phenoxy) is 2. The van der Waals surface area contributed by atoms with Crippen molar-refractivity contribution in [2.45, 2.75) is 39.2 Å². The molecular weight excluding hydrogens is 302 g/mol. The number of benzene rings is 1. The predicted molar refractivity (Wildman–Crippen MR) is 82.8 cm³/mol. The predicted octanol–water partition coefficient (Wildman–Crippen LogP) is 2.66. The van der Waals surface area contributed by atoms with Crippen LogP contribution in [0.1, 0.15) is 32.8 Å². The van der Waals surface area contributed by atoms with Gasteiger partial charge in [-0.15, -0.1) is 0 Å². The van der Waals surface area contributed by atoms with Gasteiger partial charge in [0.05, 0.1) is 24.4 Å². The molecule has 0 N–H and O–H groups in total. The number of carbonyl (C=O) groups is 2. The molecule has 0 saturated heterocycles. The van der Waals surface area contributed by atoms with Crippen LogP contribution in [0.25, 0.3) is 0 Å². The second kappa shape index (κ2) is 7.71. The summed E-state index contributed by atoms with van der Waals surface area (Å²) in [4.78, 5) is 33.9. The molecule has 0 aromatic heterocycles. The van der Waals surface area contributed by atoms with Gasteiger partial charge in [0.1, 0.15) is 5.60 Å². The van der Waals surface area contributed by atoms with E-state index in [0.29, 0.717) is 5.56 Å². The summed E-state index contributed by atoms with van der Waals surface area (Å²) in [7, 11) is 1.25. The van der Waals surface area contributed by atoms with Crippen LogP contribution in [0.5, 0.6) is 0 Å². The molecule has 7 nitrogen and oxygen atoms in total. The Morgan fingerprint density at radius 2 is 1.78 bits per heavy atom. The molecule has 0 radical (unpaired) electrons. The van der Waals surface area contributed by atoms with E-state index >= 15 is 0 Å². The zero-order valence-corrected chi connectivity index (χ0v) is 13.7. The number of non-ortho nitro benzene ring substituents is 1. The largest absolute Gasteiger partial charge is 0.469 e. The molecule has 7 heteroatoms. The Bertz CT molecular complexity index is 573. The fourth-order valence-corrected chi connectivity index (χ4v) is 2.03. The molecule has 1 atom stereocenters. The third-order valence-electron chi connectivity index (χ3n) is 3.00. The lowest BCUT2D eigenvalue weighted by atomic mass is 9.96. The van der Waals surface area contributed by atoms with Crippen LogP contribution in [0, 0.1) is 16.0 Å². The number of hydrogen-bond donors (Lipinski definition) is 0. The third kappa shape index (κ3) is 6.46. The standard InChI is InChI=1S/C16H21NO6/c1-16(2,3)23-14(18)10-12(15(19)22-4)9-11-5-7-13(8-6-11)17(20)21/h5-8,12H,9-10H2,1-4H3/t12-/m1/s1. The fraction of sp³-hybridized carbons (Fsp3) is 0.500. The van der Waals surface area contributed by atoms with Crippen LogP contribution in [0.4, 0.5) is 5.69 Å². The summed E-state index contributed by atoms with van der Waals surface area (Å²) in [6, 6.07) is 5.83. The van der Waals surface area contributed by atoms with Gasteiger partial charge in [-0.3, -0.25) is 19.7 Å². The molecule has 0 bridgehead atoms. The van der Waals surface area contributed by atoms with Gasteiger partial charge in [0, 0.05) is 12.1 Å². The highest BCUT2D eigenvalue weighted by Gasteiger charge is 2.26. The minimum atomic E-state index is -0.698. The SMILES string of the molecule is COC(=O)[C@@H](CC(=O)OC(C)(C)C)Cc1ccc([N+](=O)[O-])cc1. The Morgan fingerprint density at radius 1 is 1.22 bits per heavy atom. The topological polar surface area (TPSA) is 95.7 Å². The summed E-state index contributed by atoms with van der Waals surface area (Å²) in [5, 5.41) is 10.6. The number of hydrogen-bond acceptors (Lipinski definition) is 6. The van der Waals surface area contributed by atoms with E-state index in [9.17, 15) is 19.7 Å². The maximum absolute atomic E-state index is 11.9. The van der Waals surface area contributed by atoms with Crippen LogP contribution in [0.15, 0.2) is 24.3 Å². The van der Waals surface area contributed by atoms with Crippen molar-refractivity contribution in [1.29, 1.82) is 0 Å². The lowest BCUT2D eigenvalue weighted by Gasteiger charge is -2.21. The molecule has 0 fully saturated rings. The van der Waals surface area contributed by atoms with Crippen molar-refractivity contribution in [2.75, 3.05) is 7.11 Å².